The molecule has 114 valence electrons. The smallest absolute Gasteiger partial charge is 0.287 e. The molecule has 2 amide bonds. The fraction of sp³-hybridized carbons (Fsp3) is 0.250. The molecule has 0 atom stereocenters. The molecule has 0 unspecified atom stereocenters. The van der Waals surface area contributed by atoms with E-state index in [1.54, 1.807) is 17.0 Å². The van der Waals surface area contributed by atoms with Gasteiger partial charge in [0.05, 0.1) is 0 Å². The lowest BCUT2D eigenvalue weighted by atomic mass is 10.2. The van der Waals surface area contributed by atoms with E-state index in [1.165, 1.54) is 0 Å². The Morgan fingerprint density at radius 1 is 1.23 bits per heavy atom. The molecule has 22 heavy (non-hydrogen) atoms. The van der Waals surface area contributed by atoms with Crippen molar-refractivity contribution in [3.05, 3.63) is 52.4 Å². The maximum absolute atomic E-state index is 11.9. The molecule has 1 fully saturated rings. The molecule has 0 radical (unpaired) electrons. The molecular weight excluding hydrogens is 348 g/mol. The van der Waals surface area contributed by atoms with Gasteiger partial charge in [0.2, 0.25) is 5.91 Å². The van der Waals surface area contributed by atoms with Gasteiger partial charge in [0, 0.05) is 25.2 Å². The monoisotopic (exact) mass is 362 g/mol. The Morgan fingerprint density at radius 2 is 2.00 bits per heavy atom. The zero-order chi connectivity index (χ0) is 15.5. The zero-order valence-electron chi connectivity index (χ0n) is 11.8. The van der Waals surface area contributed by atoms with Crippen LogP contribution in [0.5, 0.6) is 0 Å². The van der Waals surface area contributed by atoms with Gasteiger partial charge in [-0.25, -0.2) is 0 Å². The molecule has 2 aromatic rings. The van der Waals surface area contributed by atoms with Gasteiger partial charge in [-0.15, -0.1) is 0 Å². The molecule has 1 aromatic carbocycles. The average molecular weight is 363 g/mol. The van der Waals surface area contributed by atoms with Gasteiger partial charge < -0.3 is 14.6 Å². The Morgan fingerprint density at radius 3 is 2.59 bits per heavy atom. The fourth-order valence-corrected chi connectivity index (χ4v) is 2.73. The van der Waals surface area contributed by atoms with Crippen LogP contribution in [-0.2, 0) is 11.3 Å². The summed E-state index contributed by atoms with van der Waals surface area (Å²) in [7, 11) is 0. The minimum Gasteiger partial charge on any atom is -0.444 e. The van der Waals surface area contributed by atoms with E-state index >= 15 is 0 Å². The van der Waals surface area contributed by atoms with Crippen molar-refractivity contribution in [2.24, 2.45) is 0 Å². The van der Waals surface area contributed by atoms with Gasteiger partial charge in [0.1, 0.15) is 0 Å². The van der Waals surface area contributed by atoms with E-state index in [1.807, 2.05) is 24.3 Å². The number of nitrogens with one attached hydrogen (secondary N) is 1. The van der Waals surface area contributed by atoms with Crippen LogP contribution in [0.25, 0.3) is 0 Å². The van der Waals surface area contributed by atoms with E-state index in [0.717, 1.165) is 24.2 Å². The number of amides is 2. The van der Waals surface area contributed by atoms with Crippen molar-refractivity contribution in [1.82, 2.24) is 5.32 Å². The molecular formula is C16H15BrN2O3. The summed E-state index contributed by atoms with van der Waals surface area (Å²) < 4.78 is 5.72. The number of hydrogen-bond donors (Lipinski definition) is 1. The van der Waals surface area contributed by atoms with E-state index in [0.29, 0.717) is 17.6 Å². The second-order valence-electron chi connectivity index (χ2n) is 5.10. The fourth-order valence-electron chi connectivity index (χ4n) is 2.42. The van der Waals surface area contributed by atoms with Crippen molar-refractivity contribution in [3.8, 4) is 0 Å². The second-order valence-corrected chi connectivity index (χ2v) is 5.88. The van der Waals surface area contributed by atoms with Crippen LogP contribution in [0.3, 0.4) is 0 Å². The summed E-state index contributed by atoms with van der Waals surface area (Å²) in [5.41, 5.74) is 1.88. The first-order chi connectivity index (χ1) is 10.6. The first-order valence-electron chi connectivity index (χ1n) is 7.06. The number of anilines is 1. The summed E-state index contributed by atoms with van der Waals surface area (Å²) in [6.45, 7) is 1.19. The number of halogens is 1. The third-order valence-electron chi connectivity index (χ3n) is 3.57. The largest absolute Gasteiger partial charge is 0.444 e. The predicted octanol–water partition coefficient (Wildman–Crippen LogP) is 3.10. The number of furan rings is 1. The van der Waals surface area contributed by atoms with Gasteiger partial charge in [0.25, 0.3) is 5.91 Å². The average Bonchev–Trinajstić information content (AvgIpc) is 3.14. The van der Waals surface area contributed by atoms with Crippen LogP contribution in [-0.4, -0.2) is 18.4 Å². The molecule has 1 aliphatic heterocycles. The highest BCUT2D eigenvalue weighted by Crippen LogP contribution is 2.21. The number of hydrogen-bond acceptors (Lipinski definition) is 3. The molecule has 1 saturated heterocycles. The predicted molar refractivity (Wildman–Crippen MR) is 85.6 cm³/mol. The summed E-state index contributed by atoms with van der Waals surface area (Å²) in [5.74, 6) is 0.181. The second kappa shape index (κ2) is 6.36. The highest BCUT2D eigenvalue weighted by Gasteiger charge is 2.21. The van der Waals surface area contributed by atoms with Crippen molar-refractivity contribution in [3.63, 3.8) is 0 Å². The van der Waals surface area contributed by atoms with Crippen LogP contribution in [0.2, 0.25) is 0 Å². The van der Waals surface area contributed by atoms with Gasteiger partial charge in [-0.3, -0.25) is 9.59 Å². The summed E-state index contributed by atoms with van der Waals surface area (Å²) in [5, 5.41) is 2.79. The van der Waals surface area contributed by atoms with Gasteiger partial charge in [0.15, 0.2) is 10.4 Å². The highest BCUT2D eigenvalue weighted by molar-refractivity contribution is 9.10. The quantitative estimate of drug-likeness (QED) is 0.908. The van der Waals surface area contributed by atoms with Crippen molar-refractivity contribution in [2.75, 3.05) is 11.4 Å². The Kier molecular flexibility index (Phi) is 4.29. The molecule has 5 nitrogen and oxygen atoms in total. The summed E-state index contributed by atoms with van der Waals surface area (Å²) in [6, 6.07) is 10.9. The van der Waals surface area contributed by atoms with Crippen LogP contribution in [0.1, 0.15) is 29.0 Å². The van der Waals surface area contributed by atoms with Crippen molar-refractivity contribution >= 4 is 33.4 Å². The third-order valence-corrected chi connectivity index (χ3v) is 4.00. The normalized spacial score (nSPS) is 14.4. The van der Waals surface area contributed by atoms with E-state index < -0.39 is 0 Å². The van der Waals surface area contributed by atoms with Crippen LogP contribution >= 0.6 is 15.9 Å². The lowest BCUT2D eigenvalue weighted by molar-refractivity contribution is -0.117. The van der Waals surface area contributed by atoms with E-state index in [4.69, 9.17) is 4.42 Å². The summed E-state index contributed by atoms with van der Waals surface area (Å²) in [4.78, 5) is 25.4. The van der Waals surface area contributed by atoms with Gasteiger partial charge in [-0.2, -0.15) is 0 Å². The maximum Gasteiger partial charge on any atom is 0.287 e. The molecule has 6 heteroatoms. The van der Waals surface area contributed by atoms with Crippen LogP contribution < -0.4 is 10.2 Å². The molecule has 1 aliphatic rings. The van der Waals surface area contributed by atoms with Gasteiger partial charge >= 0.3 is 0 Å². The molecule has 1 N–H and O–H groups in total. The van der Waals surface area contributed by atoms with E-state index in [-0.39, 0.29) is 17.6 Å². The van der Waals surface area contributed by atoms with Crippen molar-refractivity contribution in [1.29, 1.82) is 0 Å². The minimum atomic E-state index is -0.260. The lowest BCUT2D eigenvalue weighted by Crippen LogP contribution is -2.24. The molecule has 0 saturated carbocycles. The Bertz CT molecular complexity index is 694. The molecule has 0 spiro atoms. The topological polar surface area (TPSA) is 62.6 Å². The SMILES string of the molecule is O=C(NCc1ccc(N2CCCC2=O)cc1)c1ccc(Br)o1. The molecule has 2 heterocycles. The number of nitrogens with zero attached hydrogens (tertiary/aromatic N) is 1. The molecule has 0 aliphatic carbocycles. The number of rotatable bonds is 4. The maximum atomic E-state index is 11.9. The van der Waals surface area contributed by atoms with Gasteiger partial charge in [-0.05, 0) is 52.2 Å². The lowest BCUT2D eigenvalue weighted by Gasteiger charge is -2.16. The van der Waals surface area contributed by atoms with Crippen molar-refractivity contribution < 1.29 is 14.0 Å². The summed E-state index contributed by atoms with van der Waals surface area (Å²) in [6.07, 6.45) is 1.53. The first kappa shape index (κ1) is 14.8. The third kappa shape index (κ3) is 3.22. The summed E-state index contributed by atoms with van der Waals surface area (Å²) >= 11 is 3.16. The highest BCUT2D eigenvalue weighted by atomic mass is 79.9. The van der Waals surface area contributed by atoms with Gasteiger partial charge in [-0.1, -0.05) is 12.1 Å². The Hall–Kier alpha value is -2.08. The van der Waals surface area contributed by atoms with E-state index in [2.05, 4.69) is 21.2 Å². The number of benzene rings is 1. The molecule has 3 rings (SSSR count). The molecule has 0 bridgehead atoms. The number of carbonyl (C=O) groups is 2. The standard InChI is InChI=1S/C16H15BrN2O3/c17-14-8-7-13(22-14)16(21)18-10-11-3-5-12(6-4-11)19-9-1-2-15(19)20/h3-8H,1-2,9-10H2,(H,18,21). The zero-order valence-corrected chi connectivity index (χ0v) is 13.4. The van der Waals surface area contributed by atoms with Crippen molar-refractivity contribution in [2.45, 2.75) is 19.4 Å². The van der Waals surface area contributed by atoms with E-state index in [9.17, 15) is 9.59 Å². The van der Waals surface area contributed by atoms with Crippen LogP contribution in [0, 0.1) is 0 Å². The Labute approximate surface area is 136 Å². The Balaban J connectivity index is 1.59. The van der Waals surface area contributed by atoms with Crippen LogP contribution in [0.15, 0.2) is 45.5 Å². The minimum absolute atomic E-state index is 0.171. The van der Waals surface area contributed by atoms with Crippen LogP contribution in [0.4, 0.5) is 5.69 Å². The number of carbonyl (C=O) groups excluding carboxylic acids is 2. The molecule has 1 aromatic heterocycles. The first-order valence-corrected chi connectivity index (χ1v) is 7.85.